The quantitative estimate of drug-likeness (QED) is 0.696. The summed E-state index contributed by atoms with van der Waals surface area (Å²) >= 11 is 0. The van der Waals surface area contributed by atoms with Crippen molar-refractivity contribution >= 4 is 11.9 Å². The molecule has 1 aromatic rings. The first-order valence-corrected chi connectivity index (χ1v) is 6.38. The Morgan fingerprint density at radius 2 is 1.95 bits per heavy atom. The fraction of sp³-hybridized carbons (Fsp3) is 0.429. The number of carbonyl (C=O) groups excluding carboxylic acids is 1. The predicted molar refractivity (Wildman–Crippen MR) is 72.7 cm³/mol. The van der Waals surface area contributed by atoms with Crippen LogP contribution in [-0.4, -0.2) is 23.0 Å². The highest BCUT2D eigenvalue weighted by Gasteiger charge is 2.16. The van der Waals surface area contributed by atoms with Crippen LogP contribution in [0.4, 0.5) is 0 Å². The lowest BCUT2D eigenvalue weighted by atomic mass is 10.1. The van der Waals surface area contributed by atoms with Crippen molar-refractivity contribution in [3.05, 3.63) is 35.4 Å². The Hall–Kier alpha value is -1.88. The first-order valence-electron chi connectivity index (χ1n) is 6.38. The average Bonchev–Trinajstić information content (AvgIpc) is 2.38. The van der Waals surface area contributed by atoms with Crippen LogP contribution in [0.3, 0.4) is 0 Å². The highest BCUT2D eigenvalue weighted by Crippen LogP contribution is 2.07. The molecule has 0 heterocycles. The third-order valence-electron chi connectivity index (χ3n) is 2.85. The van der Waals surface area contributed by atoms with Gasteiger partial charge in [0.1, 0.15) is 0 Å². The van der Waals surface area contributed by atoms with Gasteiger partial charge in [-0.05, 0) is 24.1 Å². The van der Waals surface area contributed by atoms with Gasteiger partial charge in [0, 0.05) is 18.2 Å². The molecule has 0 bridgehead atoms. The van der Waals surface area contributed by atoms with Crippen LogP contribution in [0.25, 0.3) is 0 Å². The van der Waals surface area contributed by atoms with E-state index in [0.717, 1.165) is 12.0 Å². The van der Waals surface area contributed by atoms with Crippen molar-refractivity contribution in [2.24, 2.45) is 5.73 Å². The van der Waals surface area contributed by atoms with Gasteiger partial charge in [-0.25, -0.2) is 0 Å². The Balaban J connectivity index is 2.66. The SMILES string of the molecule is CCCC(CC(=O)O)NC(=O)c1ccc(CN)cc1. The van der Waals surface area contributed by atoms with Crippen molar-refractivity contribution in [2.45, 2.75) is 38.8 Å². The molecule has 1 aromatic carbocycles. The molecule has 5 nitrogen and oxygen atoms in total. The fourth-order valence-electron chi connectivity index (χ4n) is 1.85. The van der Waals surface area contributed by atoms with Crippen molar-refractivity contribution in [3.8, 4) is 0 Å². The summed E-state index contributed by atoms with van der Waals surface area (Å²) in [5.41, 5.74) is 6.95. The maximum atomic E-state index is 12.0. The number of amides is 1. The molecular weight excluding hydrogens is 244 g/mol. The molecule has 0 aliphatic heterocycles. The molecule has 0 aliphatic carbocycles. The number of nitrogens with one attached hydrogen (secondary N) is 1. The van der Waals surface area contributed by atoms with E-state index in [-0.39, 0.29) is 18.4 Å². The summed E-state index contributed by atoms with van der Waals surface area (Å²) in [5.74, 6) is -1.15. The van der Waals surface area contributed by atoms with Gasteiger partial charge in [-0.1, -0.05) is 25.5 Å². The number of carbonyl (C=O) groups is 2. The van der Waals surface area contributed by atoms with Crippen LogP contribution >= 0.6 is 0 Å². The van der Waals surface area contributed by atoms with Gasteiger partial charge in [0.15, 0.2) is 0 Å². The second-order valence-corrected chi connectivity index (χ2v) is 4.46. The van der Waals surface area contributed by atoms with Crippen LogP contribution in [0.5, 0.6) is 0 Å². The van der Waals surface area contributed by atoms with Gasteiger partial charge >= 0.3 is 5.97 Å². The summed E-state index contributed by atoms with van der Waals surface area (Å²) in [6.45, 7) is 2.39. The Labute approximate surface area is 112 Å². The molecule has 104 valence electrons. The zero-order valence-electron chi connectivity index (χ0n) is 11.1. The molecule has 0 radical (unpaired) electrons. The maximum absolute atomic E-state index is 12.0. The van der Waals surface area contributed by atoms with E-state index < -0.39 is 5.97 Å². The zero-order chi connectivity index (χ0) is 14.3. The van der Waals surface area contributed by atoms with Crippen molar-refractivity contribution < 1.29 is 14.7 Å². The normalized spacial score (nSPS) is 11.9. The highest BCUT2D eigenvalue weighted by molar-refractivity contribution is 5.94. The number of carboxylic acids is 1. The van der Waals surface area contributed by atoms with Crippen LogP contribution < -0.4 is 11.1 Å². The van der Waals surface area contributed by atoms with Crippen molar-refractivity contribution in [1.29, 1.82) is 0 Å². The van der Waals surface area contributed by atoms with Crippen molar-refractivity contribution in [3.63, 3.8) is 0 Å². The predicted octanol–water partition coefficient (Wildman–Crippen LogP) is 1.52. The smallest absolute Gasteiger partial charge is 0.305 e. The van der Waals surface area contributed by atoms with Gasteiger partial charge in [0.05, 0.1) is 6.42 Å². The molecule has 0 saturated carbocycles. The van der Waals surface area contributed by atoms with E-state index >= 15 is 0 Å². The van der Waals surface area contributed by atoms with Crippen LogP contribution in [0.2, 0.25) is 0 Å². The number of aliphatic carboxylic acids is 1. The van der Waals surface area contributed by atoms with Gasteiger partial charge in [-0.3, -0.25) is 9.59 Å². The van der Waals surface area contributed by atoms with Gasteiger partial charge in [-0.2, -0.15) is 0 Å². The monoisotopic (exact) mass is 264 g/mol. The number of benzene rings is 1. The largest absolute Gasteiger partial charge is 0.481 e. The summed E-state index contributed by atoms with van der Waals surface area (Å²) in [7, 11) is 0. The number of hydrogen-bond acceptors (Lipinski definition) is 3. The van der Waals surface area contributed by atoms with Crippen LogP contribution in [0, 0.1) is 0 Å². The third-order valence-corrected chi connectivity index (χ3v) is 2.85. The van der Waals surface area contributed by atoms with E-state index in [0.29, 0.717) is 18.5 Å². The molecule has 19 heavy (non-hydrogen) atoms. The van der Waals surface area contributed by atoms with E-state index in [2.05, 4.69) is 5.32 Å². The molecule has 0 fully saturated rings. The molecule has 1 unspecified atom stereocenters. The Morgan fingerprint density at radius 1 is 1.32 bits per heavy atom. The molecule has 0 saturated heterocycles. The summed E-state index contributed by atoms with van der Waals surface area (Å²) in [5, 5.41) is 11.5. The van der Waals surface area contributed by atoms with Crippen molar-refractivity contribution in [1.82, 2.24) is 5.32 Å². The highest BCUT2D eigenvalue weighted by atomic mass is 16.4. The van der Waals surface area contributed by atoms with Gasteiger partial charge in [0.25, 0.3) is 5.91 Å². The summed E-state index contributed by atoms with van der Waals surface area (Å²) in [6, 6.07) is 6.65. The molecule has 1 amide bonds. The molecule has 1 atom stereocenters. The minimum atomic E-state index is -0.905. The van der Waals surface area contributed by atoms with E-state index in [1.165, 1.54) is 0 Å². The van der Waals surface area contributed by atoms with E-state index in [9.17, 15) is 9.59 Å². The summed E-state index contributed by atoms with van der Waals surface area (Å²) < 4.78 is 0. The number of nitrogens with two attached hydrogens (primary N) is 1. The Kier molecular flexibility index (Phi) is 6.02. The number of rotatable bonds is 7. The summed E-state index contributed by atoms with van der Waals surface area (Å²) in [4.78, 5) is 22.7. The molecule has 1 rings (SSSR count). The Morgan fingerprint density at radius 3 is 2.42 bits per heavy atom. The average molecular weight is 264 g/mol. The molecule has 4 N–H and O–H groups in total. The third kappa shape index (κ3) is 5.09. The lowest BCUT2D eigenvalue weighted by Crippen LogP contribution is -2.36. The van der Waals surface area contributed by atoms with Crippen LogP contribution in [0.1, 0.15) is 42.1 Å². The van der Waals surface area contributed by atoms with E-state index in [1.807, 2.05) is 6.92 Å². The maximum Gasteiger partial charge on any atom is 0.305 e. The molecular formula is C14H20N2O3. The van der Waals surface area contributed by atoms with Crippen LogP contribution in [0.15, 0.2) is 24.3 Å². The first kappa shape index (κ1) is 15.2. The van der Waals surface area contributed by atoms with Crippen molar-refractivity contribution in [2.75, 3.05) is 0 Å². The van der Waals surface area contributed by atoms with Gasteiger partial charge in [-0.15, -0.1) is 0 Å². The second kappa shape index (κ2) is 7.53. The lowest BCUT2D eigenvalue weighted by Gasteiger charge is -2.16. The molecule has 0 spiro atoms. The molecule has 0 aliphatic rings. The lowest BCUT2D eigenvalue weighted by molar-refractivity contribution is -0.137. The van der Waals surface area contributed by atoms with E-state index in [1.54, 1.807) is 24.3 Å². The minimum absolute atomic E-state index is 0.0551. The fourth-order valence-corrected chi connectivity index (χ4v) is 1.85. The first-order chi connectivity index (χ1) is 9.06. The van der Waals surface area contributed by atoms with Gasteiger partial charge < -0.3 is 16.2 Å². The Bertz CT molecular complexity index is 429. The topological polar surface area (TPSA) is 92.4 Å². The van der Waals surface area contributed by atoms with E-state index in [4.69, 9.17) is 10.8 Å². The molecule has 5 heteroatoms. The zero-order valence-corrected chi connectivity index (χ0v) is 11.1. The summed E-state index contributed by atoms with van der Waals surface area (Å²) in [6.07, 6.45) is 1.42. The standard InChI is InChI=1S/C14H20N2O3/c1-2-3-12(8-13(17)18)16-14(19)11-6-4-10(9-15)5-7-11/h4-7,12H,2-3,8-9,15H2,1H3,(H,16,19)(H,17,18). The van der Waals surface area contributed by atoms with Gasteiger partial charge in [0.2, 0.25) is 0 Å². The number of hydrogen-bond donors (Lipinski definition) is 3. The second-order valence-electron chi connectivity index (χ2n) is 4.46. The number of carboxylic acid groups (broad SMARTS) is 1. The molecule has 0 aromatic heterocycles. The minimum Gasteiger partial charge on any atom is -0.481 e. The van der Waals surface area contributed by atoms with Crippen LogP contribution in [-0.2, 0) is 11.3 Å².